The first-order chi connectivity index (χ1) is 10.1. The van der Waals surface area contributed by atoms with Gasteiger partial charge in [-0.05, 0) is 47.5 Å². The molecular formula is C15H13ClN2O3. The number of nitro benzene ring substituents is 1. The van der Waals surface area contributed by atoms with E-state index >= 15 is 0 Å². The van der Waals surface area contributed by atoms with E-state index in [4.69, 9.17) is 11.6 Å². The van der Waals surface area contributed by atoms with Crippen molar-refractivity contribution in [3.8, 4) is 5.75 Å². The second kappa shape index (κ2) is 6.76. The molecule has 0 aliphatic heterocycles. The highest BCUT2D eigenvalue weighted by atomic mass is 35.5. The number of benzene rings is 2. The van der Waals surface area contributed by atoms with Gasteiger partial charge in [-0.15, -0.1) is 0 Å². The maximum atomic E-state index is 10.8. The Labute approximate surface area is 126 Å². The van der Waals surface area contributed by atoms with Crippen molar-refractivity contribution in [1.82, 2.24) is 0 Å². The highest BCUT2D eigenvalue weighted by molar-refractivity contribution is 6.27. The minimum Gasteiger partial charge on any atom is -0.508 e. The van der Waals surface area contributed by atoms with Gasteiger partial charge in [0.25, 0.3) is 5.69 Å². The number of nitrogens with one attached hydrogen (secondary N) is 1. The van der Waals surface area contributed by atoms with Crippen molar-refractivity contribution in [1.29, 1.82) is 0 Å². The topological polar surface area (TPSA) is 75.4 Å². The van der Waals surface area contributed by atoms with E-state index in [0.717, 1.165) is 11.3 Å². The monoisotopic (exact) mass is 304 g/mol. The smallest absolute Gasteiger partial charge is 0.270 e. The first kappa shape index (κ1) is 14.9. The summed E-state index contributed by atoms with van der Waals surface area (Å²) in [6, 6.07) is 11.3. The van der Waals surface area contributed by atoms with E-state index < -0.39 is 4.92 Å². The van der Waals surface area contributed by atoms with Crippen LogP contribution in [0.5, 0.6) is 5.75 Å². The first-order valence-electron chi connectivity index (χ1n) is 6.17. The molecule has 6 heteroatoms. The first-order valence-corrected chi connectivity index (χ1v) is 6.61. The summed E-state index contributed by atoms with van der Waals surface area (Å²) in [4.78, 5) is 10.3. The van der Waals surface area contributed by atoms with Gasteiger partial charge in [-0.3, -0.25) is 10.1 Å². The fraction of sp³-hybridized carbons (Fsp3) is 0.0667. The lowest BCUT2D eigenvalue weighted by Gasteiger charge is -2.09. The van der Waals surface area contributed by atoms with Crippen LogP contribution in [0, 0.1) is 10.1 Å². The van der Waals surface area contributed by atoms with Crippen LogP contribution in [0.1, 0.15) is 11.1 Å². The van der Waals surface area contributed by atoms with Crippen LogP contribution in [0.15, 0.2) is 48.0 Å². The fourth-order valence-corrected chi connectivity index (χ4v) is 1.99. The molecule has 2 rings (SSSR count). The predicted octanol–water partition coefficient (Wildman–Crippen LogP) is 4.12. The van der Waals surface area contributed by atoms with Gasteiger partial charge >= 0.3 is 0 Å². The van der Waals surface area contributed by atoms with Crippen LogP contribution in [0.2, 0.25) is 0 Å². The maximum Gasteiger partial charge on any atom is 0.270 e. The van der Waals surface area contributed by atoms with Crippen LogP contribution < -0.4 is 5.32 Å². The van der Waals surface area contributed by atoms with Gasteiger partial charge in [0.15, 0.2) is 0 Å². The zero-order valence-corrected chi connectivity index (χ0v) is 11.7. The van der Waals surface area contributed by atoms with E-state index in [1.807, 2.05) is 0 Å². The summed E-state index contributed by atoms with van der Waals surface area (Å²) in [7, 11) is 0. The number of halogens is 1. The molecule has 21 heavy (non-hydrogen) atoms. The molecule has 0 amide bonds. The molecule has 2 N–H and O–H groups in total. The number of nitro groups is 1. The zero-order valence-electron chi connectivity index (χ0n) is 11.0. The maximum absolute atomic E-state index is 10.8. The highest BCUT2D eigenvalue weighted by Gasteiger charge is 2.09. The lowest BCUT2D eigenvalue weighted by atomic mass is 10.1. The molecule has 0 saturated carbocycles. The summed E-state index contributed by atoms with van der Waals surface area (Å²) in [5, 5.41) is 23.2. The van der Waals surface area contributed by atoms with Crippen molar-refractivity contribution in [2.45, 2.75) is 6.54 Å². The molecule has 0 atom stereocenters. The van der Waals surface area contributed by atoms with Gasteiger partial charge in [0.2, 0.25) is 0 Å². The number of rotatable bonds is 5. The van der Waals surface area contributed by atoms with E-state index in [1.54, 1.807) is 36.4 Å². The largest absolute Gasteiger partial charge is 0.508 e. The van der Waals surface area contributed by atoms with Crippen molar-refractivity contribution in [2.24, 2.45) is 0 Å². The molecule has 108 valence electrons. The zero-order chi connectivity index (χ0) is 15.2. The van der Waals surface area contributed by atoms with E-state index in [2.05, 4.69) is 5.32 Å². The molecule has 2 aromatic rings. The van der Waals surface area contributed by atoms with Gasteiger partial charge in [-0.2, -0.15) is 0 Å². The Morgan fingerprint density at radius 1 is 1.24 bits per heavy atom. The molecule has 5 nitrogen and oxygen atoms in total. The molecule has 0 heterocycles. The number of non-ortho nitro benzene ring substituents is 1. The molecule has 0 spiro atoms. The van der Waals surface area contributed by atoms with Crippen molar-refractivity contribution < 1.29 is 10.0 Å². The summed E-state index contributed by atoms with van der Waals surface area (Å²) < 4.78 is 0. The van der Waals surface area contributed by atoms with E-state index in [1.165, 1.54) is 17.7 Å². The Morgan fingerprint density at radius 2 is 1.95 bits per heavy atom. The summed E-state index contributed by atoms with van der Waals surface area (Å²) >= 11 is 5.58. The molecule has 0 aliphatic rings. The molecule has 0 aliphatic carbocycles. The highest BCUT2D eigenvalue weighted by Crippen LogP contribution is 2.21. The molecule has 0 unspecified atom stereocenters. The van der Waals surface area contributed by atoms with Gasteiger partial charge < -0.3 is 10.4 Å². The Morgan fingerprint density at radius 3 is 2.57 bits per heavy atom. The van der Waals surface area contributed by atoms with Crippen LogP contribution in [0.4, 0.5) is 11.4 Å². The van der Waals surface area contributed by atoms with Crippen molar-refractivity contribution in [3.05, 3.63) is 69.2 Å². The van der Waals surface area contributed by atoms with Gasteiger partial charge in [0, 0.05) is 29.9 Å². The Hall–Kier alpha value is -2.53. The van der Waals surface area contributed by atoms with Gasteiger partial charge in [0.05, 0.1) is 4.92 Å². The quantitative estimate of drug-likeness (QED) is 0.495. The third kappa shape index (κ3) is 3.97. The van der Waals surface area contributed by atoms with Crippen molar-refractivity contribution in [3.63, 3.8) is 0 Å². The Kier molecular flexibility index (Phi) is 4.79. The van der Waals surface area contributed by atoms with Gasteiger partial charge in [-0.1, -0.05) is 11.6 Å². The third-order valence-corrected chi connectivity index (χ3v) is 3.06. The minimum atomic E-state index is -0.442. The molecule has 2 aromatic carbocycles. The average Bonchev–Trinajstić information content (AvgIpc) is 2.47. The van der Waals surface area contributed by atoms with E-state index in [9.17, 15) is 15.2 Å². The van der Waals surface area contributed by atoms with Crippen LogP contribution in [-0.4, -0.2) is 10.0 Å². The molecule has 0 bridgehead atoms. The van der Waals surface area contributed by atoms with Crippen LogP contribution in [-0.2, 0) is 6.54 Å². The number of nitrogens with zero attached hydrogens (tertiary/aromatic N) is 1. The normalized spacial score (nSPS) is 10.7. The van der Waals surface area contributed by atoms with Gasteiger partial charge in [-0.25, -0.2) is 0 Å². The number of anilines is 1. The van der Waals surface area contributed by atoms with Crippen LogP contribution in [0.3, 0.4) is 0 Å². The molecule has 0 saturated heterocycles. The van der Waals surface area contributed by atoms with E-state index in [-0.39, 0.29) is 11.4 Å². The number of aromatic hydroxyl groups is 1. The summed E-state index contributed by atoms with van der Waals surface area (Å²) in [5.74, 6) is 0.196. The van der Waals surface area contributed by atoms with E-state index in [0.29, 0.717) is 12.1 Å². The lowest BCUT2D eigenvalue weighted by Crippen LogP contribution is -2.02. The Balaban J connectivity index is 2.18. The number of hydrogen-bond acceptors (Lipinski definition) is 4. The summed E-state index contributed by atoms with van der Waals surface area (Å²) in [5.41, 5.74) is 3.75. The molecular weight excluding hydrogens is 292 g/mol. The summed E-state index contributed by atoms with van der Waals surface area (Å²) in [6.07, 6.45) is 1.61. The molecule has 0 radical (unpaired) electrons. The fourth-order valence-electron chi connectivity index (χ4n) is 1.86. The predicted molar refractivity (Wildman–Crippen MR) is 83.4 cm³/mol. The minimum absolute atomic E-state index is 0.0214. The molecule has 0 fully saturated rings. The lowest BCUT2D eigenvalue weighted by molar-refractivity contribution is -0.384. The second-order valence-corrected chi connectivity index (χ2v) is 4.59. The van der Waals surface area contributed by atoms with Crippen molar-refractivity contribution >= 4 is 29.1 Å². The molecule has 0 aromatic heterocycles. The van der Waals surface area contributed by atoms with Gasteiger partial charge in [0.1, 0.15) is 5.75 Å². The number of hydrogen-bond donors (Lipinski definition) is 2. The second-order valence-electron chi connectivity index (χ2n) is 4.33. The number of phenols is 1. The van der Waals surface area contributed by atoms with Crippen molar-refractivity contribution in [2.75, 3.05) is 5.32 Å². The van der Waals surface area contributed by atoms with Crippen LogP contribution in [0.25, 0.3) is 6.08 Å². The Bertz CT molecular complexity index is 669. The van der Waals surface area contributed by atoms with Crippen LogP contribution >= 0.6 is 11.6 Å². The standard InChI is InChI=1S/C15H13ClN2O3/c16-8-7-11-9-14(18(20)21)4-1-12(11)10-17-13-2-5-15(19)6-3-13/h1-9,17,19H,10H2/b8-7-. The SMILES string of the molecule is O=[N+]([O-])c1ccc(CNc2ccc(O)cc2)c(/C=C\Cl)c1. The average molecular weight is 305 g/mol. The summed E-state index contributed by atoms with van der Waals surface area (Å²) in [6.45, 7) is 0.485. The number of phenolic OH excluding ortho intramolecular Hbond substituents is 1. The third-order valence-electron chi connectivity index (χ3n) is 2.93.